The second-order valence-corrected chi connectivity index (χ2v) is 5.32. The third kappa shape index (κ3) is 3.53. The fourth-order valence-electron chi connectivity index (χ4n) is 2.06. The Kier molecular flexibility index (Phi) is 4.53. The number of halogens is 1. The average molecular weight is 263 g/mol. The molecule has 1 N–H and O–H groups in total. The molecule has 0 bridgehead atoms. The molecule has 0 atom stereocenters. The first kappa shape index (κ1) is 14.0. The lowest BCUT2D eigenvalue weighted by Crippen LogP contribution is -2.29. The first-order valence-corrected chi connectivity index (χ1v) is 6.87. The van der Waals surface area contributed by atoms with E-state index in [1.807, 2.05) is 18.7 Å². The summed E-state index contributed by atoms with van der Waals surface area (Å²) >= 11 is 0. The van der Waals surface area contributed by atoms with Gasteiger partial charge in [-0.1, -0.05) is 19.9 Å². The molecule has 0 aromatic carbocycles. The van der Waals surface area contributed by atoms with Crippen molar-refractivity contribution in [3.8, 4) is 0 Å². The molecule has 1 aromatic rings. The van der Waals surface area contributed by atoms with E-state index in [0.29, 0.717) is 36.6 Å². The Bertz CT molecular complexity index is 441. The fourth-order valence-corrected chi connectivity index (χ4v) is 2.06. The molecular weight excluding hydrogens is 241 g/mol. The van der Waals surface area contributed by atoms with Crippen LogP contribution in [-0.2, 0) is 6.54 Å². The van der Waals surface area contributed by atoms with Gasteiger partial charge in [0, 0.05) is 36.9 Å². The van der Waals surface area contributed by atoms with E-state index in [1.54, 1.807) is 18.3 Å². The van der Waals surface area contributed by atoms with E-state index in [4.69, 9.17) is 0 Å². The molecule has 0 saturated heterocycles. The van der Waals surface area contributed by atoms with Gasteiger partial charge in [-0.2, -0.15) is 0 Å². The van der Waals surface area contributed by atoms with Crippen molar-refractivity contribution < 1.29 is 4.39 Å². The largest absolute Gasteiger partial charge is 0.347 e. The van der Waals surface area contributed by atoms with Crippen molar-refractivity contribution in [2.24, 2.45) is 0 Å². The van der Waals surface area contributed by atoms with E-state index in [2.05, 4.69) is 16.9 Å². The zero-order valence-electron chi connectivity index (χ0n) is 11.7. The van der Waals surface area contributed by atoms with Gasteiger partial charge >= 0.3 is 0 Å². The molecule has 0 aliphatic heterocycles. The van der Waals surface area contributed by atoms with Crippen LogP contribution >= 0.6 is 0 Å². The van der Waals surface area contributed by atoms with Crippen molar-refractivity contribution >= 4 is 5.82 Å². The Balaban J connectivity index is 2.19. The molecule has 0 unspecified atom stereocenters. The quantitative estimate of drug-likeness (QED) is 0.767. The van der Waals surface area contributed by atoms with Gasteiger partial charge in [0.2, 0.25) is 0 Å². The number of anilines is 1. The van der Waals surface area contributed by atoms with E-state index in [0.717, 1.165) is 12.8 Å². The second-order valence-electron chi connectivity index (χ2n) is 5.32. The lowest BCUT2D eigenvalue weighted by molar-refractivity contribution is 0.547. The Morgan fingerprint density at radius 3 is 2.89 bits per heavy atom. The minimum atomic E-state index is -0.204. The molecule has 19 heavy (non-hydrogen) atoms. The normalized spacial score (nSPS) is 14.7. The Morgan fingerprint density at radius 2 is 2.32 bits per heavy atom. The van der Waals surface area contributed by atoms with Crippen LogP contribution in [0.25, 0.3) is 0 Å². The smallest absolute Gasteiger partial charge is 0.170 e. The van der Waals surface area contributed by atoms with Crippen molar-refractivity contribution in [3.05, 3.63) is 36.3 Å². The topological polar surface area (TPSA) is 28.2 Å². The summed E-state index contributed by atoms with van der Waals surface area (Å²) in [5.41, 5.74) is 0.674. The number of pyridine rings is 1. The summed E-state index contributed by atoms with van der Waals surface area (Å²) in [6.45, 7) is 9.02. The highest BCUT2D eigenvalue weighted by Crippen LogP contribution is 2.32. The lowest BCUT2D eigenvalue weighted by atomic mass is 10.2. The molecule has 1 aliphatic carbocycles. The summed E-state index contributed by atoms with van der Waals surface area (Å²) in [5.74, 6) is 0.259. The van der Waals surface area contributed by atoms with Gasteiger partial charge in [0.05, 0.1) is 0 Å². The molecule has 0 amide bonds. The maximum atomic E-state index is 14.5. The van der Waals surface area contributed by atoms with Gasteiger partial charge < -0.3 is 10.2 Å². The van der Waals surface area contributed by atoms with Crippen molar-refractivity contribution in [3.63, 3.8) is 0 Å². The molecule has 104 valence electrons. The van der Waals surface area contributed by atoms with E-state index in [-0.39, 0.29) is 5.82 Å². The third-order valence-electron chi connectivity index (χ3n) is 3.24. The molecule has 1 fully saturated rings. The number of nitrogens with one attached hydrogen (secondary N) is 1. The van der Waals surface area contributed by atoms with Crippen LogP contribution in [-0.4, -0.2) is 23.6 Å². The van der Waals surface area contributed by atoms with Gasteiger partial charge in [0.25, 0.3) is 0 Å². The van der Waals surface area contributed by atoms with Crippen LogP contribution in [0.15, 0.2) is 24.9 Å². The summed E-state index contributed by atoms with van der Waals surface area (Å²) in [6.07, 6.45) is 5.72. The first-order valence-electron chi connectivity index (χ1n) is 6.87. The Labute approximate surface area is 114 Å². The van der Waals surface area contributed by atoms with Crippen LogP contribution in [0, 0.1) is 5.82 Å². The standard InChI is InChI=1S/C15H22FN3/c1-4-9-19(13-5-6-13)15-14(16)12(7-8-17-15)10-18-11(2)3/h4,7-8,11,13,18H,1,5-6,9-10H2,2-3H3. The van der Waals surface area contributed by atoms with Gasteiger partial charge in [-0.05, 0) is 18.9 Å². The minimum Gasteiger partial charge on any atom is -0.347 e. The molecule has 1 heterocycles. The zero-order chi connectivity index (χ0) is 13.8. The van der Waals surface area contributed by atoms with Crippen molar-refractivity contribution in [1.82, 2.24) is 10.3 Å². The van der Waals surface area contributed by atoms with Gasteiger partial charge in [0.1, 0.15) is 0 Å². The second kappa shape index (κ2) is 6.15. The lowest BCUT2D eigenvalue weighted by Gasteiger charge is -2.23. The number of aromatic nitrogens is 1. The molecular formula is C15H22FN3. The Morgan fingerprint density at radius 1 is 1.58 bits per heavy atom. The van der Waals surface area contributed by atoms with Gasteiger partial charge in [-0.3, -0.25) is 0 Å². The van der Waals surface area contributed by atoms with Crippen molar-refractivity contribution in [2.75, 3.05) is 11.4 Å². The molecule has 3 nitrogen and oxygen atoms in total. The molecule has 1 aliphatic rings. The van der Waals surface area contributed by atoms with Crippen LogP contribution < -0.4 is 10.2 Å². The maximum absolute atomic E-state index is 14.5. The third-order valence-corrected chi connectivity index (χ3v) is 3.24. The molecule has 0 radical (unpaired) electrons. The van der Waals surface area contributed by atoms with E-state index in [1.165, 1.54) is 0 Å². The molecule has 2 rings (SSSR count). The van der Waals surface area contributed by atoms with E-state index in [9.17, 15) is 4.39 Å². The molecule has 4 heteroatoms. The summed E-state index contributed by atoms with van der Waals surface area (Å²) in [5, 5.41) is 3.24. The summed E-state index contributed by atoms with van der Waals surface area (Å²) in [7, 11) is 0. The summed E-state index contributed by atoms with van der Waals surface area (Å²) in [6, 6.07) is 2.50. The fraction of sp³-hybridized carbons (Fsp3) is 0.533. The highest BCUT2D eigenvalue weighted by molar-refractivity contribution is 5.46. The SMILES string of the molecule is C=CCN(c1nccc(CNC(C)C)c1F)C1CC1. The van der Waals surface area contributed by atoms with Gasteiger partial charge in [0.15, 0.2) is 11.6 Å². The summed E-state index contributed by atoms with van der Waals surface area (Å²) in [4.78, 5) is 6.24. The predicted octanol–water partition coefficient (Wildman–Crippen LogP) is 2.87. The maximum Gasteiger partial charge on any atom is 0.170 e. The molecule has 1 saturated carbocycles. The monoisotopic (exact) mass is 263 g/mol. The van der Waals surface area contributed by atoms with Crippen LogP contribution in [0.1, 0.15) is 32.3 Å². The van der Waals surface area contributed by atoms with E-state index < -0.39 is 0 Å². The number of hydrogen-bond donors (Lipinski definition) is 1. The predicted molar refractivity (Wildman–Crippen MR) is 76.7 cm³/mol. The van der Waals surface area contributed by atoms with Gasteiger partial charge in [-0.25, -0.2) is 9.37 Å². The van der Waals surface area contributed by atoms with Crippen LogP contribution in [0.5, 0.6) is 0 Å². The Hall–Kier alpha value is -1.42. The molecule has 1 aromatic heterocycles. The first-order chi connectivity index (χ1) is 9.13. The van der Waals surface area contributed by atoms with Crippen LogP contribution in [0.3, 0.4) is 0 Å². The highest BCUT2D eigenvalue weighted by atomic mass is 19.1. The highest BCUT2D eigenvalue weighted by Gasteiger charge is 2.31. The van der Waals surface area contributed by atoms with Crippen molar-refractivity contribution in [1.29, 1.82) is 0 Å². The van der Waals surface area contributed by atoms with Gasteiger partial charge in [-0.15, -0.1) is 6.58 Å². The minimum absolute atomic E-state index is 0.204. The molecule has 0 spiro atoms. The number of hydrogen-bond acceptors (Lipinski definition) is 3. The van der Waals surface area contributed by atoms with E-state index >= 15 is 0 Å². The van der Waals surface area contributed by atoms with Crippen LogP contribution in [0.2, 0.25) is 0 Å². The van der Waals surface area contributed by atoms with Crippen LogP contribution in [0.4, 0.5) is 10.2 Å². The zero-order valence-corrected chi connectivity index (χ0v) is 11.7. The van der Waals surface area contributed by atoms with Crippen molar-refractivity contribution in [2.45, 2.75) is 45.3 Å². The number of rotatable bonds is 7. The summed E-state index contributed by atoms with van der Waals surface area (Å²) < 4.78 is 14.5. The number of nitrogens with zero attached hydrogens (tertiary/aromatic N) is 2. The average Bonchev–Trinajstić information content (AvgIpc) is 3.19.